The molecule has 4 nitrogen and oxygen atoms in total. The van der Waals surface area contributed by atoms with Crippen LogP contribution in [0.25, 0.3) is 0 Å². The van der Waals surface area contributed by atoms with E-state index in [0.29, 0.717) is 0 Å². The van der Waals surface area contributed by atoms with E-state index in [-0.39, 0.29) is 24.0 Å². The molecule has 6 heteroatoms. The van der Waals surface area contributed by atoms with Gasteiger partial charge in [0.1, 0.15) is 0 Å². The van der Waals surface area contributed by atoms with Crippen LogP contribution in [0.2, 0.25) is 0 Å². The lowest BCUT2D eigenvalue weighted by molar-refractivity contribution is 0.786. The molecule has 0 unspecified atom stereocenters. The lowest BCUT2D eigenvalue weighted by Crippen LogP contribution is -2.38. The third-order valence-corrected chi connectivity index (χ3v) is 5.01. The van der Waals surface area contributed by atoms with Gasteiger partial charge in [-0.25, -0.2) is 4.98 Å². The number of halogens is 1. The van der Waals surface area contributed by atoms with Gasteiger partial charge < -0.3 is 10.6 Å². The van der Waals surface area contributed by atoms with Gasteiger partial charge >= 0.3 is 0 Å². The first-order valence-electron chi connectivity index (χ1n) is 8.08. The topological polar surface area (TPSA) is 49.3 Å². The van der Waals surface area contributed by atoms with Crippen LogP contribution in [-0.2, 0) is 19.4 Å². The van der Waals surface area contributed by atoms with Crippen LogP contribution in [0.4, 0.5) is 0 Å². The van der Waals surface area contributed by atoms with Gasteiger partial charge in [0.25, 0.3) is 0 Å². The zero-order valence-corrected chi connectivity index (χ0v) is 18.0. The molecule has 0 aliphatic rings. The van der Waals surface area contributed by atoms with Gasteiger partial charge in [-0.05, 0) is 31.4 Å². The number of thiazole rings is 1. The fourth-order valence-corrected chi connectivity index (χ4v) is 3.34. The van der Waals surface area contributed by atoms with Crippen molar-refractivity contribution in [2.45, 2.75) is 40.2 Å². The van der Waals surface area contributed by atoms with E-state index in [9.17, 15) is 0 Å². The third kappa shape index (κ3) is 6.05. The molecule has 0 aliphatic heterocycles. The molecule has 0 saturated carbocycles. The number of hydrogen-bond donors (Lipinski definition) is 2. The van der Waals surface area contributed by atoms with Crippen LogP contribution < -0.4 is 10.6 Å². The average Bonchev–Trinajstić information content (AvgIpc) is 2.89. The lowest BCUT2D eigenvalue weighted by atomic mass is 10.1. The molecule has 0 radical (unpaired) electrons. The van der Waals surface area contributed by atoms with Gasteiger partial charge in [-0.1, -0.05) is 31.2 Å². The summed E-state index contributed by atoms with van der Waals surface area (Å²) in [5.41, 5.74) is 3.84. The minimum atomic E-state index is 0. The summed E-state index contributed by atoms with van der Waals surface area (Å²) in [5.74, 6) is 0.834. The predicted octanol–water partition coefficient (Wildman–Crippen LogP) is 3.85. The Labute approximate surface area is 166 Å². The number of rotatable bonds is 6. The Morgan fingerprint density at radius 2 is 1.88 bits per heavy atom. The van der Waals surface area contributed by atoms with E-state index in [4.69, 9.17) is 0 Å². The summed E-state index contributed by atoms with van der Waals surface area (Å²) in [6.45, 7) is 7.99. The highest BCUT2D eigenvalue weighted by Gasteiger charge is 2.05. The van der Waals surface area contributed by atoms with Gasteiger partial charge in [0.15, 0.2) is 5.96 Å². The monoisotopic (exact) mass is 458 g/mol. The molecule has 0 saturated heterocycles. The number of aryl methyl sites for hydroxylation is 3. The summed E-state index contributed by atoms with van der Waals surface area (Å²) in [6.07, 6.45) is 1.97. The van der Waals surface area contributed by atoms with Crippen LogP contribution in [0.1, 0.15) is 33.6 Å². The van der Waals surface area contributed by atoms with E-state index in [1.807, 2.05) is 0 Å². The second kappa shape index (κ2) is 10.7. The summed E-state index contributed by atoms with van der Waals surface area (Å²) in [6, 6.07) is 8.52. The molecule has 0 amide bonds. The van der Waals surface area contributed by atoms with Crippen molar-refractivity contribution in [2.24, 2.45) is 4.99 Å². The normalized spacial score (nSPS) is 11.1. The Hall–Kier alpha value is -1.15. The highest BCUT2D eigenvalue weighted by Crippen LogP contribution is 2.16. The molecule has 2 aromatic rings. The average molecular weight is 458 g/mol. The first-order chi connectivity index (χ1) is 11.1. The van der Waals surface area contributed by atoms with Crippen LogP contribution in [0, 0.1) is 13.8 Å². The Balaban J connectivity index is 0.00000288. The van der Waals surface area contributed by atoms with Crippen molar-refractivity contribution in [2.75, 3.05) is 13.6 Å². The molecule has 1 aromatic heterocycles. The van der Waals surface area contributed by atoms with Gasteiger partial charge in [0.05, 0.1) is 10.7 Å². The number of nitrogens with zero attached hydrogens (tertiary/aromatic N) is 2. The van der Waals surface area contributed by atoms with E-state index in [0.717, 1.165) is 37.6 Å². The highest BCUT2D eigenvalue weighted by atomic mass is 127. The molecule has 24 heavy (non-hydrogen) atoms. The van der Waals surface area contributed by atoms with Crippen LogP contribution >= 0.6 is 35.3 Å². The summed E-state index contributed by atoms with van der Waals surface area (Å²) in [5, 5.41) is 7.92. The molecule has 0 spiro atoms. The standard InChI is InChI=1S/C18H26N4S.HI/c1-5-15-8-6-7-9-16(15)12-21-18(19-4)20-11-10-17-22-13(2)14(3)23-17;/h6-9H,5,10-12H2,1-4H3,(H2,19,20,21);1H. The van der Waals surface area contributed by atoms with Gasteiger partial charge in [-0.3, -0.25) is 4.99 Å². The maximum absolute atomic E-state index is 4.57. The third-order valence-electron chi connectivity index (χ3n) is 3.87. The highest BCUT2D eigenvalue weighted by molar-refractivity contribution is 14.0. The maximum Gasteiger partial charge on any atom is 0.191 e. The van der Waals surface area contributed by atoms with E-state index < -0.39 is 0 Å². The molecule has 2 rings (SSSR count). The summed E-state index contributed by atoms with van der Waals surface area (Å²) in [4.78, 5) is 10.2. The predicted molar refractivity (Wildman–Crippen MR) is 115 cm³/mol. The zero-order valence-electron chi connectivity index (χ0n) is 14.8. The smallest absolute Gasteiger partial charge is 0.191 e. The summed E-state index contributed by atoms with van der Waals surface area (Å²) in [7, 11) is 1.80. The van der Waals surface area contributed by atoms with Crippen molar-refractivity contribution in [1.29, 1.82) is 0 Å². The fourth-order valence-electron chi connectivity index (χ4n) is 2.41. The van der Waals surface area contributed by atoms with E-state index >= 15 is 0 Å². The van der Waals surface area contributed by atoms with Crippen LogP contribution in [0.5, 0.6) is 0 Å². The van der Waals surface area contributed by atoms with Crippen molar-refractivity contribution in [1.82, 2.24) is 15.6 Å². The van der Waals surface area contributed by atoms with Crippen molar-refractivity contribution in [3.63, 3.8) is 0 Å². The first kappa shape index (κ1) is 20.9. The van der Waals surface area contributed by atoms with Gasteiger partial charge in [0.2, 0.25) is 0 Å². The van der Waals surface area contributed by atoms with Crippen molar-refractivity contribution < 1.29 is 0 Å². The molecule has 0 fully saturated rings. The lowest BCUT2D eigenvalue weighted by Gasteiger charge is -2.13. The molecule has 1 heterocycles. The molecule has 1 aromatic carbocycles. The molecule has 132 valence electrons. The van der Waals surface area contributed by atoms with Crippen molar-refractivity contribution >= 4 is 41.3 Å². The van der Waals surface area contributed by atoms with Gasteiger partial charge in [0, 0.05) is 31.4 Å². The van der Waals surface area contributed by atoms with E-state index in [2.05, 4.69) is 65.6 Å². The SMILES string of the molecule is CCc1ccccc1CNC(=NC)NCCc1nc(C)c(C)s1.I. The number of guanidine groups is 1. The van der Waals surface area contributed by atoms with Crippen LogP contribution in [0.15, 0.2) is 29.3 Å². The van der Waals surface area contributed by atoms with E-state index in [1.165, 1.54) is 21.0 Å². The fraction of sp³-hybridized carbons (Fsp3) is 0.444. The molecule has 2 N–H and O–H groups in total. The van der Waals surface area contributed by atoms with Crippen molar-refractivity contribution in [3.05, 3.63) is 51.0 Å². The van der Waals surface area contributed by atoms with Gasteiger partial charge in [-0.15, -0.1) is 35.3 Å². The van der Waals surface area contributed by atoms with Gasteiger partial charge in [-0.2, -0.15) is 0 Å². The molecule has 0 bridgehead atoms. The minimum Gasteiger partial charge on any atom is -0.356 e. The molecule has 0 atom stereocenters. The summed E-state index contributed by atoms with van der Waals surface area (Å²) >= 11 is 1.78. The van der Waals surface area contributed by atoms with Crippen LogP contribution in [-0.4, -0.2) is 24.5 Å². The quantitative estimate of drug-likeness (QED) is 0.393. The second-order valence-electron chi connectivity index (χ2n) is 5.47. The number of nitrogens with one attached hydrogen (secondary N) is 2. The number of benzene rings is 1. The minimum absolute atomic E-state index is 0. The Bertz CT molecular complexity index is 647. The van der Waals surface area contributed by atoms with Crippen LogP contribution in [0.3, 0.4) is 0 Å². The zero-order chi connectivity index (χ0) is 16.7. The number of hydrogen-bond acceptors (Lipinski definition) is 3. The molecular weight excluding hydrogens is 431 g/mol. The second-order valence-corrected chi connectivity index (χ2v) is 6.76. The Morgan fingerprint density at radius 1 is 1.17 bits per heavy atom. The molecular formula is C18H27IN4S. The summed E-state index contributed by atoms with van der Waals surface area (Å²) < 4.78 is 0. The maximum atomic E-state index is 4.57. The van der Waals surface area contributed by atoms with Crippen molar-refractivity contribution in [3.8, 4) is 0 Å². The first-order valence-corrected chi connectivity index (χ1v) is 8.90. The Morgan fingerprint density at radius 3 is 2.46 bits per heavy atom. The largest absolute Gasteiger partial charge is 0.356 e. The number of aromatic nitrogens is 1. The Kier molecular flexibility index (Phi) is 9.28. The molecule has 0 aliphatic carbocycles. The number of aliphatic imine (C=N–C) groups is 1. The van der Waals surface area contributed by atoms with E-state index in [1.54, 1.807) is 18.4 Å².